The average Bonchev–Trinajstić information content (AvgIpc) is 2.90. The first-order valence-electron chi connectivity index (χ1n) is 9.60. The average molecular weight is 392 g/mol. The summed E-state index contributed by atoms with van der Waals surface area (Å²) in [6.45, 7) is 6.97. The van der Waals surface area contributed by atoms with Crippen LogP contribution in [0, 0.1) is 0 Å². The fraction of sp³-hybridized carbons (Fsp3) is 0.611. The van der Waals surface area contributed by atoms with Crippen LogP contribution in [-0.2, 0) is 19.4 Å². The van der Waals surface area contributed by atoms with Crippen molar-refractivity contribution in [3.05, 3.63) is 28.6 Å². The second-order valence-corrected chi connectivity index (χ2v) is 6.95. The van der Waals surface area contributed by atoms with Crippen LogP contribution in [-0.4, -0.2) is 50.3 Å². The first kappa shape index (κ1) is 19.5. The van der Waals surface area contributed by atoms with Gasteiger partial charge in [-0.1, -0.05) is 18.0 Å². The lowest BCUT2D eigenvalue weighted by Gasteiger charge is -2.19. The number of anilines is 1. The highest BCUT2D eigenvalue weighted by Gasteiger charge is 2.18. The van der Waals surface area contributed by atoms with Crippen LogP contribution < -0.4 is 10.2 Å². The molecule has 0 atom stereocenters. The normalized spacial score (nSPS) is 13.7. The van der Waals surface area contributed by atoms with Crippen LogP contribution in [0.1, 0.15) is 55.2 Å². The topological polar surface area (TPSA) is 88.8 Å². The molecular weight excluding hydrogens is 366 g/mol. The molecule has 0 unspecified atom stereocenters. The van der Waals surface area contributed by atoms with Crippen molar-refractivity contribution in [1.82, 2.24) is 30.0 Å². The van der Waals surface area contributed by atoms with E-state index in [4.69, 9.17) is 11.6 Å². The van der Waals surface area contributed by atoms with Gasteiger partial charge in [-0.25, -0.2) is 9.97 Å². The molecule has 27 heavy (non-hydrogen) atoms. The summed E-state index contributed by atoms with van der Waals surface area (Å²) >= 11 is 6.14. The van der Waals surface area contributed by atoms with Crippen molar-refractivity contribution in [3.8, 4) is 0 Å². The number of aryl methyl sites for hydroxylation is 1. The number of carbonyl (C=O) groups is 1. The van der Waals surface area contributed by atoms with Crippen LogP contribution >= 0.6 is 11.6 Å². The predicted octanol–water partition coefficient (Wildman–Crippen LogP) is 2.27. The van der Waals surface area contributed by atoms with Gasteiger partial charge in [0, 0.05) is 39.0 Å². The summed E-state index contributed by atoms with van der Waals surface area (Å²) in [6, 6.07) is 0. The van der Waals surface area contributed by atoms with E-state index in [1.54, 1.807) is 0 Å². The van der Waals surface area contributed by atoms with Crippen LogP contribution in [0.4, 0.5) is 5.95 Å². The molecule has 0 fully saturated rings. The second kappa shape index (κ2) is 9.12. The summed E-state index contributed by atoms with van der Waals surface area (Å²) in [7, 11) is 0. The summed E-state index contributed by atoms with van der Waals surface area (Å²) in [5.74, 6) is 2.19. The van der Waals surface area contributed by atoms with Crippen LogP contribution in [0.15, 0.2) is 6.20 Å². The molecule has 0 saturated heterocycles. The molecule has 1 N–H and O–H groups in total. The molecule has 2 aromatic rings. The smallest absolute Gasteiger partial charge is 0.271 e. The first-order chi connectivity index (χ1) is 13.1. The third-order valence-electron chi connectivity index (χ3n) is 4.81. The zero-order valence-corrected chi connectivity index (χ0v) is 16.7. The number of rotatable bonds is 7. The molecule has 0 aromatic carbocycles. The van der Waals surface area contributed by atoms with E-state index in [0.29, 0.717) is 18.9 Å². The minimum absolute atomic E-state index is 0.202. The number of hydrogen-bond acceptors (Lipinski definition) is 6. The van der Waals surface area contributed by atoms with E-state index in [9.17, 15) is 4.79 Å². The SMILES string of the molecule is CCN(CC)c1ncc(Cl)c(C(=O)NCCc2nnc3n2CCCCC3)n1. The van der Waals surface area contributed by atoms with Crippen molar-refractivity contribution >= 4 is 23.5 Å². The molecule has 1 amide bonds. The quantitative estimate of drug-likeness (QED) is 0.778. The van der Waals surface area contributed by atoms with Gasteiger partial charge in [0.1, 0.15) is 11.6 Å². The maximum absolute atomic E-state index is 12.5. The third-order valence-corrected chi connectivity index (χ3v) is 5.09. The second-order valence-electron chi connectivity index (χ2n) is 6.54. The monoisotopic (exact) mass is 391 g/mol. The molecule has 0 saturated carbocycles. The Morgan fingerprint density at radius 1 is 1.26 bits per heavy atom. The number of aromatic nitrogens is 5. The summed E-state index contributed by atoms with van der Waals surface area (Å²) in [4.78, 5) is 23.1. The number of nitrogens with one attached hydrogen (secondary N) is 1. The Morgan fingerprint density at radius 3 is 2.85 bits per heavy atom. The molecule has 0 bridgehead atoms. The standard InChI is InChI=1S/C18H26ClN7O/c1-3-25(4-2)18-21-12-13(19)16(22-18)17(27)20-10-9-15-24-23-14-8-6-5-7-11-26(14)15/h12H,3-11H2,1-2H3,(H,20,27). The minimum Gasteiger partial charge on any atom is -0.350 e. The Balaban J connectivity index is 1.63. The summed E-state index contributed by atoms with van der Waals surface area (Å²) < 4.78 is 2.19. The molecule has 146 valence electrons. The van der Waals surface area contributed by atoms with Gasteiger partial charge in [0.2, 0.25) is 5.95 Å². The fourth-order valence-corrected chi connectivity index (χ4v) is 3.45. The van der Waals surface area contributed by atoms with Crippen LogP contribution in [0.5, 0.6) is 0 Å². The highest BCUT2D eigenvalue weighted by molar-refractivity contribution is 6.33. The van der Waals surface area contributed by atoms with E-state index < -0.39 is 0 Å². The van der Waals surface area contributed by atoms with Gasteiger partial charge in [-0.3, -0.25) is 4.79 Å². The van der Waals surface area contributed by atoms with E-state index in [1.165, 1.54) is 12.6 Å². The molecule has 0 aliphatic carbocycles. The van der Waals surface area contributed by atoms with Gasteiger partial charge in [0.25, 0.3) is 5.91 Å². The van der Waals surface area contributed by atoms with Gasteiger partial charge < -0.3 is 14.8 Å². The third kappa shape index (κ3) is 4.55. The van der Waals surface area contributed by atoms with Crippen molar-refractivity contribution in [2.45, 2.75) is 52.5 Å². The largest absolute Gasteiger partial charge is 0.350 e. The predicted molar refractivity (Wildman–Crippen MR) is 104 cm³/mol. The maximum atomic E-state index is 12.5. The van der Waals surface area contributed by atoms with Crippen molar-refractivity contribution in [1.29, 1.82) is 0 Å². The number of nitrogens with zero attached hydrogens (tertiary/aromatic N) is 6. The lowest BCUT2D eigenvalue weighted by molar-refractivity contribution is 0.0949. The van der Waals surface area contributed by atoms with E-state index in [0.717, 1.165) is 50.5 Å². The Labute approximate surface area is 164 Å². The molecular formula is C18H26ClN7O. The molecule has 9 heteroatoms. The molecule has 3 heterocycles. The number of carbonyl (C=O) groups excluding carboxylic acids is 1. The van der Waals surface area contributed by atoms with Gasteiger partial charge in [-0.15, -0.1) is 10.2 Å². The fourth-order valence-electron chi connectivity index (χ4n) is 3.28. The summed E-state index contributed by atoms with van der Waals surface area (Å²) in [5, 5.41) is 11.7. The molecule has 8 nitrogen and oxygen atoms in total. The number of amides is 1. The Bertz CT molecular complexity index is 788. The summed E-state index contributed by atoms with van der Waals surface area (Å²) in [5.41, 5.74) is 0.202. The molecule has 1 aliphatic heterocycles. The highest BCUT2D eigenvalue weighted by Crippen LogP contribution is 2.17. The van der Waals surface area contributed by atoms with Gasteiger partial charge in [0.15, 0.2) is 5.69 Å². The zero-order chi connectivity index (χ0) is 19.2. The summed E-state index contributed by atoms with van der Waals surface area (Å²) in [6.07, 6.45) is 6.62. The number of fused-ring (bicyclic) bond motifs is 1. The van der Waals surface area contributed by atoms with Gasteiger partial charge in [-0.05, 0) is 26.7 Å². The Hall–Kier alpha value is -2.22. The van der Waals surface area contributed by atoms with Gasteiger partial charge in [-0.2, -0.15) is 0 Å². The Morgan fingerprint density at radius 2 is 2.07 bits per heavy atom. The molecule has 2 aromatic heterocycles. The van der Waals surface area contributed by atoms with E-state index in [1.807, 2.05) is 18.7 Å². The van der Waals surface area contributed by atoms with E-state index in [-0.39, 0.29) is 16.6 Å². The van der Waals surface area contributed by atoms with E-state index in [2.05, 4.69) is 30.0 Å². The molecule has 1 aliphatic rings. The number of hydrogen-bond donors (Lipinski definition) is 1. The van der Waals surface area contributed by atoms with E-state index >= 15 is 0 Å². The molecule has 3 rings (SSSR count). The lowest BCUT2D eigenvalue weighted by atomic mass is 10.2. The first-order valence-corrected chi connectivity index (χ1v) is 9.98. The van der Waals surface area contributed by atoms with Crippen molar-refractivity contribution < 1.29 is 4.79 Å². The van der Waals surface area contributed by atoms with Crippen molar-refractivity contribution in [2.24, 2.45) is 0 Å². The highest BCUT2D eigenvalue weighted by atomic mass is 35.5. The Kier molecular flexibility index (Phi) is 6.60. The molecule has 0 radical (unpaired) electrons. The molecule has 0 spiro atoms. The van der Waals surface area contributed by atoms with Crippen molar-refractivity contribution in [3.63, 3.8) is 0 Å². The maximum Gasteiger partial charge on any atom is 0.271 e. The van der Waals surface area contributed by atoms with Crippen LogP contribution in [0.25, 0.3) is 0 Å². The van der Waals surface area contributed by atoms with Gasteiger partial charge in [0.05, 0.1) is 11.2 Å². The van der Waals surface area contributed by atoms with Crippen LogP contribution in [0.3, 0.4) is 0 Å². The van der Waals surface area contributed by atoms with Crippen molar-refractivity contribution in [2.75, 3.05) is 24.5 Å². The van der Waals surface area contributed by atoms with Crippen LogP contribution in [0.2, 0.25) is 5.02 Å². The lowest BCUT2D eigenvalue weighted by Crippen LogP contribution is -2.30. The number of halogens is 1. The minimum atomic E-state index is -0.300. The zero-order valence-electron chi connectivity index (χ0n) is 15.9. The van der Waals surface area contributed by atoms with Gasteiger partial charge >= 0.3 is 0 Å².